The number of aromatic nitrogens is 3. The molecule has 0 unspecified atom stereocenters. The molecule has 3 heterocycles. The van der Waals surface area contributed by atoms with Gasteiger partial charge in [0.15, 0.2) is 5.65 Å². The molecule has 3 aromatic rings. The van der Waals surface area contributed by atoms with Crippen molar-refractivity contribution in [2.75, 3.05) is 36.4 Å². The molecule has 7 nitrogen and oxygen atoms in total. The van der Waals surface area contributed by atoms with Crippen LogP contribution in [0.3, 0.4) is 0 Å². The molecule has 1 N–H and O–H groups in total. The molecule has 7 heteroatoms. The molecule has 0 atom stereocenters. The number of rotatable bonds is 4. The van der Waals surface area contributed by atoms with Crippen LogP contribution in [-0.4, -0.2) is 57.6 Å². The third-order valence-electron chi connectivity index (χ3n) is 5.36. The van der Waals surface area contributed by atoms with Gasteiger partial charge in [-0.25, -0.2) is 9.50 Å². The SMILES string of the molecule is O=C(Nc1ccc(N2CCN(C3CC3)CC2)cc1)c1ccn2nccc2n1. The highest BCUT2D eigenvalue weighted by atomic mass is 16.1. The number of fused-ring (bicyclic) bond motifs is 1. The van der Waals surface area contributed by atoms with Crippen molar-refractivity contribution in [2.24, 2.45) is 0 Å². The highest BCUT2D eigenvalue weighted by Gasteiger charge is 2.31. The lowest BCUT2D eigenvalue weighted by atomic mass is 10.2. The first-order valence-electron chi connectivity index (χ1n) is 9.47. The van der Waals surface area contributed by atoms with E-state index in [4.69, 9.17) is 0 Å². The average Bonchev–Trinajstić information content (AvgIpc) is 3.45. The normalized spacial score (nSPS) is 18.0. The van der Waals surface area contributed by atoms with E-state index in [1.54, 1.807) is 29.0 Å². The number of anilines is 2. The molecule has 5 rings (SSSR count). The van der Waals surface area contributed by atoms with Crippen LogP contribution in [0.4, 0.5) is 11.4 Å². The van der Waals surface area contributed by atoms with Crippen molar-refractivity contribution < 1.29 is 4.79 Å². The first-order chi connectivity index (χ1) is 13.3. The number of nitrogens with one attached hydrogen (secondary N) is 1. The van der Waals surface area contributed by atoms with Gasteiger partial charge in [-0.3, -0.25) is 9.69 Å². The van der Waals surface area contributed by atoms with Crippen molar-refractivity contribution in [3.8, 4) is 0 Å². The first-order valence-corrected chi connectivity index (χ1v) is 9.47. The number of hydrogen-bond acceptors (Lipinski definition) is 5. The second kappa shape index (κ2) is 6.66. The van der Waals surface area contributed by atoms with Crippen molar-refractivity contribution >= 4 is 22.9 Å². The number of amides is 1. The fourth-order valence-electron chi connectivity index (χ4n) is 3.67. The number of carbonyl (C=O) groups excluding carboxylic acids is 1. The Bertz CT molecular complexity index is 954. The Morgan fingerprint density at radius 1 is 1.00 bits per heavy atom. The van der Waals surface area contributed by atoms with Gasteiger partial charge in [0.05, 0.1) is 6.20 Å². The van der Waals surface area contributed by atoms with Gasteiger partial charge in [0.25, 0.3) is 5.91 Å². The molecule has 2 aromatic heterocycles. The van der Waals surface area contributed by atoms with Crippen LogP contribution in [0.1, 0.15) is 23.3 Å². The molecular formula is C20H22N6O. The summed E-state index contributed by atoms with van der Waals surface area (Å²) >= 11 is 0. The molecule has 138 valence electrons. The Hall–Kier alpha value is -2.93. The number of carbonyl (C=O) groups is 1. The van der Waals surface area contributed by atoms with Crippen molar-refractivity contribution in [1.82, 2.24) is 19.5 Å². The molecule has 0 radical (unpaired) electrons. The minimum absolute atomic E-state index is 0.218. The first kappa shape index (κ1) is 16.3. The van der Waals surface area contributed by atoms with Gasteiger partial charge in [0, 0.05) is 55.9 Å². The highest BCUT2D eigenvalue weighted by Crippen LogP contribution is 2.28. The third-order valence-corrected chi connectivity index (χ3v) is 5.36. The lowest BCUT2D eigenvalue weighted by molar-refractivity contribution is 0.102. The number of hydrogen-bond donors (Lipinski definition) is 1. The van der Waals surface area contributed by atoms with Crippen LogP contribution in [0.15, 0.2) is 48.8 Å². The van der Waals surface area contributed by atoms with Crippen LogP contribution < -0.4 is 10.2 Å². The maximum absolute atomic E-state index is 12.5. The van der Waals surface area contributed by atoms with E-state index < -0.39 is 0 Å². The molecule has 1 aliphatic carbocycles. The van der Waals surface area contributed by atoms with Crippen molar-refractivity contribution in [3.05, 3.63) is 54.5 Å². The molecule has 1 amide bonds. The quantitative estimate of drug-likeness (QED) is 0.771. The summed E-state index contributed by atoms with van der Waals surface area (Å²) in [5, 5.41) is 7.01. The molecule has 1 saturated carbocycles. The topological polar surface area (TPSA) is 65.8 Å². The Kier molecular flexibility index (Phi) is 4.01. The minimum atomic E-state index is -0.218. The molecule has 27 heavy (non-hydrogen) atoms. The second-order valence-corrected chi connectivity index (χ2v) is 7.20. The number of nitrogens with zero attached hydrogens (tertiary/aromatic N) is 5. The van der Waals surface area contributed by atoms with E-state index in [9.17, 15) is 4.79 Å². The summed E-state index contributed by atoms with van der Waals surface area (Å²) < 4.78 is 1.63. The van der Waals surface area contributed by atoms with Gasteiger partial charge in [-0.2, -0.15) is 5.10 Å². The van der Waals surface area contributed by atoms with Gasteiger partial charge in [0.2, 0.25) is 0 Å². The fraction of sp³-hybridized carbons (Fsp3) is 0.350. The molecule has 2 fully saturated rings. The highest BCUT2D eigenvalue weighted by molar-refractivity contribution is 6.03. The summed E-state index contributed by atoms with van der Waals surface area (Å²) in [6, 6.07) is 12.4. The Morgan fingerprint density at radius 2 is 1.78 bits per heavy atom. The summed E-state index contributed by atoms with van der Waals surface area (Å²) in [5.41, 5.74) is 3.02. The van der Waals surface area contributed by atoms with E-state index in [0.717, 1.165) is 37.9 Å². The zero-order valence-corrected chi connectivity index (χ0v) is 15.1. The van der Waals surface area contributed by atoms with Crippen LogP contribution in [0.5, 0.6) is 0 Å². The summed E-state index contributed by atoms with van der Waals surface area (Å²) in [4.78, 5) is 21.8. The summed E-state index contributed by atoms with van der Waals surface area (Å²) in [6.07, 6.45) is 6.14. The van der Waals surface area contributed by atoms with Crippen molar-refractivity contribution in [3.63, 3.8) is 0 Å². The van der Waals surface area contributed by atoms with E-state index in [1.807, 2.05) is 12.1 Å². The van der Waals surface area contributed by atoms with Gasteiger partial charge in [0.1, 0.15) is 5.69 Å². The minimum Gasteiger partial charge on any atom is -0.369 e. The molecule has 2 aliphatic rings. The van der Waals surface area contributed by atoms with Crippen LogP contribution >= 0.6 is 0 Å². The Labute approximate surface area is 157 Å². The standard InChI is InChI=1S/C20H22N6O/c27-20(18-8-10-26-19(23-18)7-9-21-26)22-15-1-3-16(4-2-15)24-11-13-25(14-12-24)17-5-6-17/h1-4,7-10,17H,5-6,11-14H2,(H,22,27). The molecule has 1 aromatic carbocycles. The molecule has 1 aliphatic heterocycles. The Balaban J connectivity index is 1.23. The maximum Gasteiger partial charge on any atom is 0.274 e. The largest absolute Gasteiger partial charge is 0.369 e. The predicted octanol–water partition coefficient (Wildman–Crippen LogP) is 2.27. The number of benzene rings is 1. The number of piperazine rings is 1. The summed E-state index contributed by atoms with van der Waals surface area (Å²) in [6.45, 7) is 4.42. The third kappa shape index (κ3) is 3.38. The molecular weight excluding hydrogens is 340 g/mol. The van der Waals surface area contributed by atoms with Gasteiger partial charge < -0.3 is 10.2 Å². The van der Waals surface area contributed by atoms with Crippen molar-refractivity contribution in [1.29, 1.82) is 0 Å². The van der Waals surface area contributed by atoms with Crippen LogP contribution in [0.25, 0.3) is 5.65 Å². The van der Waals surface area contributed by atoms with Crippen LogP contribution in [0, 0.1) is 0 Å². The van der Waals surface area contributed by atoms with E-state index in [0.29, 0.717) is 11.3 Å². The lowest BCUT2D eigenvalue weighted by Gasteiger charge is -2.36. The van der Waals surface area contributed by atoms with Crippen molar-refractivity contribution in [2.45, 2.75) is 18.9 Å². The van der Waals surface area contributed by atoms with Gasteiger partial charge in [-0.1, -0.05) is 0 Å². The summed E-state index contributed by atoms with van der Waals surface area (Å²) in [7, 11) is 0. The zero-order valence-electron chi connectivity index (χ0n) is 15.1. The molecule has 0 bridgehead atoms. The van der Waals surface area contributed by atoms with Crippen LogP contribution in [0.2, 0.25) is 0 Å². The molecule has 1 saturated heterocycles. The van der Waals surface area contributed by atoms with E-state index >= 15 is 0 Å². The monoisotopic (exact) mass is 362 g/mol. The van der Waals surface area contributed by atoms with E-state index in [-0.39, 0.29) is 5.91 Å². The van der Waals surface area contributed by atoms with Gasteiger partial charge in [-0.15, -0.1) is 0 Å². The van der Waals surface area contributed by atoms with E-state index in [1.165, 1.54) is 18.5 Å². The van der Waals surface area contributed by atoms with E-state index in [2.05, 4.69) is 37.3 Å². The second-order valence-electron chi connectivity index (χ2n) is 7.20. The lowest BCUT2D eigenvalue weighted by Crippen LogP contribution is -2.47. The fourth-order valence-corrected chi connectivity index (χ4v) is 3.67. The smallest absolute Gasteiger partial charge is 0.274 e. The van der Waals surface area contributed by atoms with Gasteiger partial charge >= 0.3 is 0 Å². The average molecular weight is 362 g/mol. The van der Waals surface area contributed by atoms with Gasteiger partial charge in [-0.05, 0) is 43.2 Å². The van der Waals surface area contributed by atoms with Crippen LogP contribution in [-0.2, 0) is 0 Å². The predicted molar refractivity (Wildman–Crippen MR) is 104 cm³/mol. The zero-order chi connectivity index (χ0) is 18.2. The maximum atomic E-state index is 12.5. The Morgan fingerprint density at radius 3 is 2.52 bits per heavy atom. The molecule has 0 spiro atoms. The summed E-state index contributed by atoms with van der Waals surface area (Å²) in [5.74, 6) is -0.218.